The molecule has 9 heteroatoms. The summed E-state index contributed by atoms with van der Waals surface area (Å²) < 4.78 is 32.5. The minimum absolute atomic E-state index is 0.160. The number of aromatic nitrogens is 2. The molecule has 0 fully saturated rings. The van der Waals surface area contributed by atoms with Gasteiger partial charge in [-0.05, 0) is 42.5 Å². The zero-order chi connectivity index (χ0) is 24.8. The van der Waals surface area contributed by atoms with Crippen molar-refractivity contribution >= 4 is 5.78 Å². The van der Waals surface area contributed by atoms with Crippen molar-refractivity contribution in [1.29, 1.82) is 0 Å². The number of carbonyl (C=O) groups excluding carboxylic acids is 1. The van der Waals surface area contributed by atoms with E-state index in [0.29, 0.717) is 57.2 Å². The zero-order valence-corrected chi connectivity index (χ0v) is 19.7. The molecular weight excluding hydrogens is 452 g/mol. The minimum atomic E-state index is -0.189. The summed E-state index contributed by atoms with van der Waals surface area (Å²) >= 11 is 0. The Morgan fingerprint density at radius 2 is 1.57 bits per heavy atom. The fourth-order valence-corrected chi connectivity index (χ4v) is 3.37. The first-order valence-electron chi connectivity index (χ1n) is 10.6. The largest absolute Gasteiger partial charge is 0.497 e. The summed E-state index contributed by atoms with van der Waals surface area (Å²) in [5.41, 5.74) is 1.78. The van der Waals surface area contributed by atoms with Crippen LogP contribution >= 0.6 is 0 Å². The lowest BCUT2D eigenvalue weighted by atomic mass is 10.1. The number of rotatable bonds is 10. The van der Waals surface area contributed by atoms with E-state index in [9.17, 15) is 4.79 Å². The number of benzene rings is 3. The Kier molecular flexibility index (Phi) is 7.15. The van der Waals surface area contributed by atoms with Gasteiger partial charge in [0.15, 0.2) is 23.9 Å². The molecule has 4 aromatic rings. The Morgan fingerprint density at radius 1 is 0.800 bits per heavy atom. The van der Waals surface area contributed by atoms with E-state index in [2.05, 4.69) is 10.1 Å². The van der Waals surface area contributed by atoms with Gasteiger partial charge in [0.05, 0.1) is 34.0 Å². The molecule has 0 bridgehead atoms. The molecule has 0 spiro atoms. The van der Waals surface area contributed by atoms with Crippen molar-refractivity contribution in [2.24, 2.45) is 0 Å². The molecular formula is C26H24N2O7. The third-order valence-electron chi connectivity index (χ3n) is 5.24. The average Bonchev–Trinajstić information content (AvgIpc) is 3.41. The van der Waals surface area contributed by atoms with Gasteiger partial charge in [-0.1, -0.05) is 17.3 Å². The third-order valence-corrected chi connectivity index (χ3v) is 5.24. The molecule has 4 rings (SSSR count). The molecule has 0 saturated heterocycles. The topological polar surface area (TPSA) is 102 Å². The van der Waals surface area contributed by atoms with Gasteiger partial charge in [-0.15, -0.1) is 0 Å². The standard InChI is InChI=1S/C26H24N2O7/c1-30-18-7-5-6-16(12-18)21(29)15-34-22-11-8-17(13-24(22)33-4)25-27-26(35-28-25)20-10-9-19(31-2)14-23(20)32-3/h5-14H,15H2,1-4H3. The van der Waals surface area contributed by atoms with E-state index in [1.54, 1.807) is 82.0 Å². The second-order valence-corrected chi connectivity index (χ2v) is 7.30. The Morgan fingerprint density at radius 3 is 2.31 bits per heavy atom. The van der Waals surface area contributed by atoms with Crippen LogP contribution in [-0.4, -0.2) is 51.0 Å². The summed E-state index contributed by atoms with van der Waals surface area (Å²) in [6.07, 6.45) is 0. The first kappa shape index (κ1) is 23.6. The predicted octanol–water partition coefficient (Wildman–Crippen LogP) is 4.70. The normalized spacial score (nSPS) is 10.5. The smallest absolute Gasteiger partial charge is 0.262 e. The van der Waals surface area contributed by atoms with Crippen LogP contribution in [0, 0.1) is 0 Å². The molecule has 0 aliphatic heterocycles. The highest BCUT2D eigenvalue weighted by atomic mass is 16.5. The molecule has 0 amide bonds. The lowest BCUT2D eigenvalue weighted by Gasteiger charge is -2.11. The maximum absolute atomic E-state index is 12.5. The number of Topliss-reactive ketones (excluding diaryl/α,β-unsaturated/α-hetero) is 1. The number of ether oxygens (including phenoxy) is 5. The van der Waals surface area contributed by atoms with Crippen LogP contribution in [-0.2, 0) is 0 Å². The molecule has 0 N–H and O–H groups in total. The van der Waals surface area contributed by atoms with E-state index in [-0.39, 0.29) is 12.4 Å². The fraction of sp³-hybridized carbons (Fsp3) is 0.192. The molecule has 0 aliphatic rings. The van der Waals surface area contributed by atoms with Crippen LogP contribution in [0.15, 0.2) is 65.2 Å². The zero-order valence-electron chi connectivity index (χ0n) is 19.7. The Labute approximate surface area is 202 Å². The Bertz CT molecular complexity index is 1330. The molecule has 1 heterocycles. The quantitative estimate of drug-likeness (QED) is 0.301. The van der Waals surface area contributed by atoms with Crippen molar-refractivity contribution in [2.75, 3.05) is 35.0 Å². The van der Waals surface area contributed by atoms with Gasteiger partial charge in [-0.3, -0.25) is 4.79 Å². The van der Waals surface area contributed by atoms with Crippen LogP contribution in [0.25, 0.3) is 22.8 Å². The monoisotopic (exact) mass is 476 g/mol. The van der Waals surface area contributed by atoms with E-state index >= 15 is 0 Å². The number of methoxy groups -OCH3 is 4. The SMILES string of the molecule is COc1cccc(C(=O)COc2ccc(-c3noc(-c4ccc(OC)cc4OC)n3)cc2OC)c1. The molecule has 0 atom stereocenters. The van der Waals surface area contributed by atoms with E-state index in [4.69, 9.17) is 28.2 Å². The summed E-state index contributed by atoms with van der Waals surface area (Å²) in [7, 11) is 6.19. The summed E-state index contributed by atoms with van der Waals surface area (Å²) in [4.78, 5) is 17.0. The van der Waals surface area contributed by atoms with E-state index in [1.807, 2.05) is 0 Å². The van der Waals surface area contributed by atoms with Crippen molar-refractivity contribution in [3.63, 3.8) is 0 Å². The van der Waals surface area contributed by atoms with Gasteiger partial charge >= 0.3 is 0 Å². The van der Waals surface area contributed by atoms with E-state index < -0.39 is 0 Å². The minimum Gasteiger partial charge on any atom is -0.497 e. The first-order valence-corrected chi connectivity index (χ1v) is 10.6. The van der Waals surface area contributed by atoms with Gasteiger partial charge in [0.1, 0.15) is 17.2 Å². The number of hydrogen-bond donors (Lipinski definition) is 0. The van der Waals surface area contributed by atoms with E-state index in [0.717, 1.165) is 0 Å². The number of nitrogens with zero attached hydrogens (tertiary/aromatic N) is 2. The van der Waals surface area contributed by atoms with Crippen LogP contribution in [0.2, 0.25) is 0 Å². The lowest BCUT2D eigenvalue weighted by molar-refractivity contribution is 0.0919. The van der Waals surface area contributed by atoms with Gasteiger partial charge < -0.3 is 28.2 Å². The van der Waals surface area contributed by atoms with Crippen LogP contribution in [0.5, 0.6) is 28.7 Å². The summed E-state index contributed by atoms with van der Waals surface area (Å²) in [5, 5.41) is 4.08. The van der Waals surface area contributed by atoms with E-state index in [1.165, 1.54) is 7.11 Å². The number of carbonyl (C=O) groups is 1. The summed E-state index contributed by atoms with van der Waals surface area (Å²) in [6, 6.07) is 17.4. The van der Waals surface area contributed by atoms with Crippen LogP contribution in [0.1, 0.15) is 10.4 Å². The van der Waals surface area contributed by atoms with Gasteiger partial charge in [-0.25, -0.2) is 0 Å². The van der Waals surface area contributed by atoms with Gasteiger partial charge in [0.25, 0.3) is 5.89 Å². The van der Waals surface area contributed by atoms with Gasteiger partial charge in [0, 0.05) is 17.2 Å². The van der Waals surface area contributed by atoms with Crippen LogP contribution in [0.4, 0.5) is 0 Å². The van der Waals surface area contributed by atoms with Gasteiger partial charge in [0.2, 0.25) is 5.82 Å². The van der Waals surface area contributed by atoms with Crippen molar-refractivity contribution in [1.82, 2.24) is 10.1 Å². The molecule has 0 unspecified atom stereocenters. The molecule has 0 aliphatic carbocycles. The second kappa shape index (κ2) is 10.6. The molecule has 0 radical (unpaired) electrons. The van der Waals surface area contributed by atoms with Crippen molar-refractivity contribution < 1.29 is 33.0 Å². The maximum atomic E-state index is 12.5. The molecule has 180 valence electrons. The van der Waals surface area contributed by atoms with Crippen molar-refractivity contribution in [3.8, 4) is 51.6 Å². The third kappa shape index (κ3) is 5.19. The van der Waals surface area contributed by atoms with Crippen molar-refractivity contribution in [2.45, 2.75) is 0 Å². The second-order valence-electron chi connectivity index (χ2n) is 7.30. The molecule has 9 nitrogen and oxygen atoms in total. The Hall–Kier alpha value is -4.53. The first-order chi connectivity index (χ1) is 17.1. The molecule has 1 aromatic heterocycles. The molecule has 3 aromatic carbocycles. The highest BCUT2D eigenvalue weighted by Gasteiger charge is 2.18. The number of ketones is 1. The predicted molar refractivity (Wildman–Crippen MR) is 128 cm³/mol. The molecule has 0 saturated carbocycles. The Balaban J connectivity index is 1.52. The lowest BCUT2D eigenvalue weighted by Crippen LogP contribution is -2.12. The van der Waals surface area contributed by atoms with Crippen LogP contribution < -0.4 is 23.7 Å². The number of hydrogen-bond acceptors (Lipinski definition) is 9. The highest BCUT2D eigenvalue weighted by Crippen LogP contribution is 2.35. The van der Waals surface area contributed by atoms with Crippen molar-refractivity contribution in [3.05, 3.63) is 66.2 Å². The summed E-state index contributed by atoms with van der Waals surface area (Å²) in [6.45, 7) is -0.160. The van der Waals surface area contributed by atoms with Crippen LogP contribution in [0.3, 0.4) is 0 Å². The molecule has 35 heavy (non-hydrogen) atoms. The summed E-state index contributed by atoms with van der Waals surface area (Å²) in [5.74, 6) is 3.09. The average molecular weight is 476 g/mol. The maximum Gasteiger partial charge on any atom is 0.262 e. The van der Waals surface area contributed by atoms with Gasteiger partial charge in [-0.2, -0.15) is 4.98 Å². The highest BCUT2D eigenvalue weighted by molar-refractivity contribution is 5.97. The fourth-order valence-electron chi connectivity index (χ4n) is 3.37.